The van der Waals surface area contributed by atoms with E-state index in [1.165, 1.54) is 4.90 Å². The molecule has 3 aromatic rings. The Morgan fingerprint density at radius 1 is 0.958 bits per heavy atom. The summed E-state index contributed by atoms with van der Waals surface area (Å²) in [5.74, 6) is 0.966. The number of hydrogen-bond donors (Lipinski definition) is 1. The molecule has 0 radical (unpaired) electrons. The van der Waals surface area contributed by atoms with Crippen molar-refractivity contribution in [2.24, 2.45) is 0 Å². The van der Waals surface area contributed by atoms with Crippen LogP contribution in [0.4, 0.5) is 5.69 Å². The van der Waals surface area contributed by atoms with Crippen LogP contribution in [0.5, 0.6) is 0 Å². The van der Waals surface area contributed by atoms with Crippen molar-refractivity contribution in [2.75, 3.05) is 11.1 Å². The summed E-state index contributed by atoms with van der Waals surface area (Å²) in [6, 6.07) is 21.8. The normalized spacial score (nSPS) is 10.7. The second kappa shape index (κ2) is 8.22. The number of hydrogen-bond acceptors (Lipinski definition) is 2. The first kappa shape index (κ1) is 16.9. The third-order valence-electron chi connectivity index (χ3n) is 3.69. The predicted octanol–water partition coefficient (Wildman–Crippen LogP) is 6.00. The van der Waals surface area contributed by atoms with E-state index in [0.29, 0.717) is 6.42 Å². The highest BCUT2D eigenvalue weighted by Gasteiger charge is 2.05. The second-order valence-electron chi connectivity index (χ2n) is 5.48. The van der Waals surface area contributed by atoms with Gasteiger partial charge in [-0.15, -0.1) is 11.8 Å². The van der Waals surface area contributed by atoms with Crippen molar-refractivity contribution in [3.8, 4) is 0 Å². The fraction of sp³-hybridized carbons (Fsp3) is 0.150. The highest BCUT2D eigenvalue weighted by molar-refractivity contribution is 7.99. The number of benzene rings is 3. The predicted molar refractivity (Wildman–Crippen MR) is 104 cm³/mol. The van der Waals surface area contributed by atoms with Gasteiger partial charge in [0.1, 0.15) is 0 Å². The molecule has 0 unspecified atom stereocenters. The van der Waals surface area contributed by atoms with E-state index in [1.54, 1.807) is 11.8 Å². The topological polar surface area (TPSA) is 29.1 Å². The number of halogens is 1. The number of anilines is 1. The van der Waals surface area contributed by atoms with Gasteiger partial charge in [0, 0.05) is 27.4 Å². The molecule has 122 valence electrons. The maximum atomic E-state index is 12.2. The van der Waals surface area contributed by atoms with E-state index in [-0.39, 0.29) is 5.91 Å². The lowest BCUT2D eigenvalue weighted by Crippen LogP contribution is -2.11. The third kappa shape index (κ3) is 4.53. The molecule has 1 N–H and O–H groups in total. The van der Waals surface area contributed by atoms with Crippen molar-refractivity contribution in [1.82, 2.24) is 0 Å². The Morgan fingerprint density at radius 3 is 2.54 bits per heavy atom. The molecule has 1 amide bonds. The van der Waals surface area contributed by atoms with Gasteiger partial charge in [0.2, 0.25) is 5.91 Å². The number of carbonyl (C=O) groups is 1. The van der Waals surface area contributed by atoms with Gasteiger partial charge >= 0.3 is 0 Å². The summed E-state index contributed by atoms with van der Waals surface area (Å²) in [6.45, 7) is 0. The summed E-state index contributed by atoms with van der Waals surface area (Å²) in [7, 11) is 0. The number of rotatable bonds is 6. The van der Waals surface area contributed by atoms with Crippen LogP contribution in [0.1, 0.15) is 12.8 Å². The van der Waals surface area contributed by atoms with Gasteiger partial charge in [-0.05, 0) is 47.9 Å². The molecule has 0 saturated carbocycles. The van der Waals surface area contributed by atoms with E-state index >= 15 is 0 Å². The van der Waals surface area contributed by atoms with Crippen LogP contribution in [0.2, 0.25) is 5.02 Å². The number of nitrogens with one attached hydrogen (secondary N) is 1. The fourth-order valence-corrected chi connectivity index (χ4v) is 3.48. The molecule has 24 heavy (non-hydrogen) atoms. The Kier molecular flexibility index (Phi) is 5.78. The summed E-state index contributed by atoms with van der Waals surface area (Å²) >= 11 is 7.61. The molecule has 0 aromatic heterocycles. The van der Waals surface area contributed by atoms with E-state index in [0.717, 1.165) is 33.7 Å². The van der Waals surface area contributed by atoms with Gasteiger partial charge < -0.3 is 5.32 Å². The molecule has 0 aliphatic carbocycles. The molecule has 0 saturated heterocycles. The fourth-order valence-electron chi connectivity index (χ4n) is 2.50. The zero-order chi connectivity index (χ0) is 16.8. The summed E-state index contributed by atoms with van der Waals surface area (Å²) < 4.78 is 0. The van der Waals surface area contributed by atoms with Crippen molar-refractivity contribution in [3.05, 3.63) is 71.8 Å². The Balaban J connectivity index is 1.49. The van der Waals surface area contributed by atoms with Gasteiger partial charge in [-0.1, -0.05) is 48.0 Å². The largest absolute Gasteiger partial charge is 0.326 e. The zero-order valence-corrected chi connectivity index (χ0v) is 14.7. The van der Waals surface area contributed by atoms with Crippen molar-refractivity contribution in [3.63, 3.8) is 0 Å². The average molecular weight is 356 g/mol. The summed E-state index contributed by atoms with van der Waals surface area (Å²) in [5, 5.41) is 5.98. The van der Waals surface area contributed by atoms with Crippen molar-refractivity contribution in [2.45, 2.75) is 17.7 Å². The summed E-state index contributed by atoms with van der Waals surface area (Å²) in [4.78, 5) is 13.3. The number of thioether (sulfide) groups is 1. The molecule has 3 rings (SSSR count). The standard InChI is InChI=1S/C20H18ClNOS/c21-16-10-12-17(13-11-16)24-14-4-9-20(23)22-19-8-3-6-15-5-1-2-7-18(15)19/h1-3,5-8,10-13H,4,9,14H2,(H,22,23). The van der Waals surface area contributed by atoms with E-state index < -0.39 is 0 Å². The van der Waals surface area contributed by atoms with E-state index in [1.807, 2.05) is 66.7 Å². The molecule has 4 heteroatoms. The third-order valence-corrected chi connectivity index (χ3v) is 5.04. The zero-order valence-electron chi connectivity index (χ0n) is 13.2. The van der Waals surface area contributed by atoms with Gasteiger partial charge in [-0.25, -0.2) is 0 Å². The molecule has 0 atom stereocenters. The van der Waals surface area contributed by atoms with E-state index in [9.17, 15) is 4.79 Å². The maximum Gasteiger partial charge on any atom is 0.224 e. The van der Waals surface area contributed by atoms with Crippen LogP contribution in [-0.4, -0.2) is 11.7 Å². The smallest absolute Gasteiger partial charge is 0.224 e. The van der Waals surface area contributed by atoms with Crippen molar-refractivity contribution < 1.29 is 4.79 Å². The van der Waals surface area contributed by atoms with Crippen LogP contribution >= 0.6 is 23.4 Å². The number of carbonyl (C=O) groups excluding carboxylic acids is 1. The minimum Gasteiger partial charge on any atom is -0.326 e. The van der Waals surface area contributed by atoms with Gasteiger partial charge in [0.25, 0.3) is 0 Å². The monoisotopic (exact) mass is 355 g/mol. The molecule has 0 bridgehead atoms. The van der Waals surface area contributed by atoms with Crippen LogP contribution in [-0.2, 0) is 4.79 Å². The Hall–Kier alpha value is -1.97. The lowest BCUT2D eigenvalue weighted by atomic mass is 10.1. The average Bonchev–Trinajstić information content (AvgIpc) is 2.61. The maximum absolute atomic E-state index is 12.2. The molecule has 0 spiro atoms. The van der Waals surface area contributed by atoms with Crippen LogP contribution in [0, 0.1) is 0 Å². The molecular formula is C20H18ClNOS. The molecule has 0 fully saturated rings. The second-order valence-corrected chi connectivity index (χ2v) is 7.09. The van der Waals surface area contributed by atoms with E-state index in [4.69, 9.17) is 11.6 Å². The lowest BCUT2D eigenvalue weighted by Gasteiger charge is -2.08. The first-order valence-corrected chi connectivity index (χ1v) is 9.25. The Labute approximate surface area is 151 Å². The Morgan fingerprint density at radius 2 is 1.71 bits per heavy atom. The summed E-state index contributed by atoms with van der Waals surface area (Å²) in [5.41, 5.74) is 0.878. The van der Waals surface area contributed by atoms with E-state index in [2.05, 4.69) is 5.32 Å². The van der Waals surface area contributed by atoms with Crippen molar-refractivity contribution in [1.29, 1.82) is 0 Å². The van der Waals surface area contributed by atoms with Gasteiger partial charge in [0.15, 0.2) is 0 Å². The molecule has 0 aliphatic heterocycles. The first-order valence-electron chi connectivity index (χ1n) is 7.88. The van der Waals surface area contributed by atoms with Gasteiger partial charge in [-0.3, -0.25) is 4.79 Å². The molecule has 3 aromatic carbocycles. The SMILES string of the molecule is O=C(CCCSc1ccc(Cl)cc1)Nc1cccc2ccccc12. The quantitative estimate of drug-likeness (QED) is 0.433. The number of fused-ring (bicyclic) bond motifs is 1. The molecular weight excluding hydrogens is 338 g/mol. The minimum absolute atomic E-state index is 0.0584. The molecule has 2 nitrogen and oxygen atoms in total. The first-order chi connectivity index (χ1) is 11.7. The molecule has 0 heterocycles. The Bertz CT molecular complexity index is 827. The van der Waals surface area contributed by atoms with Gasteiger partial charge in [-0.2, -0.15) is 0 Å². The van der Waals surface area contributed by atoms with Crippen molar-refractivity contribution >= 4 is 45.7 Å². The summed E-state index contributed by atoms with van der Waals surface area (Å²) in [6.07, 6.45) is 1.35. The number of amides is 1. The lowest BCUT2D eigenvalue weighted by molar-refractivity contribution is -0.116. The molecule has 0 aliphatic rings. The van der Waals surface area contributed by atoms with Gasteiger partial charge in [0.05, 0.1) is 0 Å². The highest BCUT2D eigenvalue weighted by atomic mass is 35.5. The van der Waals surface area contributed by atoms with Crippen LogP contribution in [0.15, 0.2) is 71.6 Å². The van der Waals surface area contributed by atoms with Crippen LogP contribution in [0.3, 0.4) is 0 Å². The van der Waals surface area contributed by atoms with Crippen LogP contribution < -0.4 is 5.32 Å². The highest BCUT2D eigenvalue weighted by Crippen LogP contribution is 2.24. The van der Waals surface area contributed by atoms with Crippen LogP contribution in [0.25, 0.3) is 10.8 Å². The minimum atomic E-state index is 0.0584.